The van der Waals surface area contributed by atoms with Gasteiger partial charge in [0, 0.05) is 44.1 Å². The highest BCUT2D eigenvalue weighted by molar-refractivity contribution is 5.95. The highest BCUT2D eigenvalue weighted by Gasteiger charge is 2.18. The maximum absolute atomic E-state index is 12.5. The van der Waals surface area contributed by atoms with Gasteiger partial charge in [-0.1, -0.05) is 12.1 Å². The molecule has 23 heavy (non-hydrogen) atoms. The number of nitrogens with one attached hydrogen (secondary N) is 1. The standard InChI is InChI=1S/C17H19N3O2.ClH/c1-22-16-4-2-13(3-5-16)14-10-15(12-19-11-14)17(21)20-8-6-18-7-9-20;/h2-5,10-12,18H,6-9H2,1H3;1H. The summed E-state index contributed by atoms with van der Waals surface area (Å²) in [5, 5.41) is 3.25. The maximum atomic E-state index is 12.5. The predicted molar refractivity (Wildman–Crippen MR) is 92.2 cm³/mol. The molecule has 1 saturated heterocycles. The summed E-state index contributed by atoms with van der Waals surface area (Å²) in [6.45, 7) is 3.17. The number of benzene rings is 1. The molecule has 1 aliphatic rings. The Kier molecular flexibility index (Phi) is 5.96. The van der Waals surface area contributed by atoms with Gasteiger partial charge in [0.1, 0.15) is 5.75 Å². The van der Waals surface area contributed by atoms with Gasteiger partial charge in [0.2, 0.25) is 0 Å². The number of carbonyl (C=O) groups excluding carboxylic acids is 1. The molecule has 1 aromatic carbocycles. The van der Waals surface area contributed by atoms with E-state index in [4.69, 9.17) is 4.74 Å². The molecule has 0 bridgehead atoms. The summed E-state index contributed by atoms with van der Waals surface area (Å²) in [7, 11) is 1.64. The number of nitrogens with zero attached hydrogens (tertiary/aromatic N) is 2. The number of carbonyl (C=O) groups is 1. The number of pyridine rings is 1. The van der Waals surface area contributed by atoms with Gasteiger partial charge in [0.05, 0.1) is 12.7 Å². The summed E-state index contributed by atoms with van der Waals surface area (Å²) in [6, 6.07) is 9.64. The van der Waals surface area contributed by atoms with Crippen LogP contribution in [0.1, 0.15) is 10.4 Å². The average molecular weight is 334 g/mol. The second-order valence-corrected chi connectivity index (χ2v) is 5.23. The van der Waals surface area contributed by atoms with Crippen LogP contribution in [-0.2, 0) is 0 Å². The van der Waals surface area contributed by atoms with Crippen molar-refractivity contribution in [2.24, 2.45) is 0 Å². The van der Waals surface area contributed by atoms with E-state index in [2.05, 4.69) is 10.3 Å². The van der Waals surface area contributed by atoms with Crippen LogP contribution < -0.4 is 10.1 Å². The van der Waals surface area contributed by atoms with Crippen LogP contribution in [0.5, 0.6) is 5.75 Å². The summed E-state index contributed by atoms with van der Waals surface area (Å²) < 4.78 is 5.16. The molecular formula is C17H20ClN3O2. The molecule has 2 aromatic rings. The fraction of sp³-hybridized carbons (Fsp3) is 0.294. The van der Waals surface area contributed by atoms with Crippen LogP contribution in [0.15, 0.2) is 42.7 Å². The first kappa shape index (κ1) is 17.2. The molecule has 0 unspecified atom stereocenters. The molecule has 0 atom stereocenters. The van der Waals surface area contributed by atoms with Gasteiger partial charge in [-0.25, -0.2) is 0 Å². The molecule has 1 fully saturated rings. The molecule has 2 heterocycles. The summed E-state index contributed by atoms with van der Waals surface area (Å²) in [6.07, 6.45) is 3.41. The van der Waals surface area contributed by atoms with Crippen molar-refractivity contribution in [2.75, 3.05) is 33.3 Å². The average Bonchev–Trinajstić information content (AvgIpc) is 2.62. The minimum atomic E-state index is 0. The first-order valence-electron chi connectivity index (χ1n) is 7.37. The monoisotopic (exact) mass is 333 g/mol. The highest BCUT2D eigenvalue weighted by Crippen LogP contribution is 2.22. The zero-order valence-electron chi connectivity index (χ0n) is 13.0. The Morgan fingerprint density at radius 1 is 1.13 bits per heavy atom. The lowest BCUT2D eigenvalue weighted by Crippen LogP contribution is -2.46. The Morgan fingerprint density at radius 3 is 2.48 bits per heavy atom. The van der Waals surface area contributed by atoms with Crippen LogP contribution in [0.4, 0.5) is 0 Å². The molecule has 1 aliphatic heterocycles. The van der Waals surface area contributed by atoms with Gasteiger partial charge in [-0.15, -0.1) is 12.4 Å². The molecule has 1 amide bonds. The van der Waals surface area contributed by atoms with E-state index in [1.807, 2.05) is 35.2 Å². The van der Waals surface area contributed by atoms with Crippen LogP contribution in [0.25, 0.3) is 11.1 Å². The Hall–Kier alpha value is -2.11. The number of aromatic nitrogens is 1. The van der Waals surface area contributed by atoms with Crippen LogP contribution in [0.3, 0.4) is 0 Å². The van der Waals surface area contributed by atoms with Gasteiger partial charge in [-0.05, 0) is 23.8 Å². The van der Waals surface area contributed by atoms with Crippen LogP contribution >= 0.6 is 12.4 Å². The first-order valence-corrected chi connectivity index (χ1v) is 7.37. The van der Waals surface area contributed by atoms with E-state index in [-0.39, 0.29) is 18.3 Å². The molecule has 1 N–H and O–H groups in total. The van der Waals surface area contributed by atoms with Crippen molar-refractivity contribution in [3.63, 3.8) is 0 Å². The van der Waals surface area contributed by atoms with Gasteiger partial charge in [0.15, 0.2) is 0 Å². The van der Waals surface area contributed by atoms with Gasteiger partial charge < -0.3 is 15.0 Å². The summed E-state index contributed by atoms with van der Waals surface area (Å²) >= 11 is 0. The predicted octanol–water partition coefficient (Wildman–Crippen LogP) is 2.22. The van der Waals surface area contributed by atoms with Crippen molar-refractivity contribution in [3.05, 3.63) is 48.3 Å². The molecule has 3 rings (SSSR count). The summed E-state index contributed by atoms with van der Waals surface area (Å²) in [4.78, 5) is 18.6. The molecule has 122 valence electrons. The summed E-state index contributed by atoms with van der Waals surface area (Å²) in [5.74, 6) is 0.856. The van der Waals surface area contributed by atoms with Gasteiger partial charge >= 0.3 is 0 Å². The minimum Gasteiger partial charge on any atom is -0.497 e. The lowest BCUT2D eigenvalue weighted by atomic mass is 10.1. The third-order valence-corrected chi connectivity index (χ3v) is 3.81. The molecule has 1 aromatic heterocycles. The zero-order chi connectivity index (χ0) is 15.4. The van der Waals surface area contributed by atoms with Crippen molar-refractivity contribution < 1.29 is 9.53 Å². The quantitative estimate of drug-likeness (QED) is 0.936. The molecule has 0 radical (unpaired) electrons. The largest absolute Gasteiger partial charge is 0.497 e. The van der Waals surface area contributed by atoms with E-state index in [9.17, 15) is 4.79 Å². The third kappa shape index (κ3) is 4.00. The molecule has 5 nitrogen and oxygen atoms in total. The Morgan fingerprint density at radius 2 is 1.83 bits per heavy atom. The zero-order valence-corrected chi connectivity index (χ0v) is 13.8. The molecule has 0 spiro atoms. The fourth-order valence-electron chi connectivity index (χ4n) is 2.55. The summed E-state index contributed by atoms with van der Waals surface area (Å²) in [5.41, 5.74) is 2.59. The normalized spacial score (nSPS) is 14.0. The maximum Gasteiger partial charge on any atom is 0.255 e. The number of hydrogen-bond acceptors (Lipinski definition) is 4. The van der Waals surface area contributed by atoms with Crippen molar-refractivity contribution in [1.82, 2.24) is 15.2 Å². The number of amides is 1. The van der Waals surface area contributed by atoms with E-state index >= 15 is 0 Å². The van der Waals surface area contributed by atoms with Crippen LogP contribution in [0, 0.1) is 0 Å². The molecule has 6 heteroatoms. The van der Waals surface area contributed by atoms with Gasteiger partial charge in [-0.3, -0.25) is 9.78 Å². The van der Waals surface area contributed by atoms with Gasteiger partial charge in [-0.2, -0.15) is 0 Å². The lowest BCUT2D eigenvalue weighted by molar-refractivity contribution is 0.0735. The van der Waals surface area contributed by atoms with Crippen molar-refractivity contribution in [2.45, 2.75) is 0 Å². The van der Waals surface area contributed by atoms with Crippen molar-refractivity contribution in [1.29, 1.82) is 0 Å². The minimum absolute atomic E-state index is 0. The number of piperazine rings is 1. The topological polar surface area (TPSA) is 54.5 Å². The molecule has 0 aliphatic carbocycles. The second kappa shape index (κ2) is 7.94. The number of methoxy groups -OCH3 is 1. The Labute approximate surface area is 142 Å². The molecule has 0 saturated carbocycles. The smallest absolute Gasteiger partial charge is 0.255 e. The highest BCUT2D eigenvalue weighted by atomic mass is 35.5. The Bertz CT molecular complexity index is 655. The van der Waals surface area contributed by atoms with Gasteiger partial charge in [0.25, 0.3) is 5.91 Å². The fourth-order valence-corrected chi connectivity index (χ4v) is 2.55. The lowest BCUT2D eigenvalue weighted by Gasteiger charge is -2.27. The van der Waals surface area contributed by atoms with E-state index in [1.54, 1.807) is 19.5 Å². The van der Waals surface area contributed by atoms with E-state index in [0.717, 1.165) is 43.1 Å². The third-order valence-electron chi connectivity index (χ3n) is 3.81. The van der Waals surface area contributed by atoms with Crippen molar-refractivity contribution >= 4 is 18.3 Å². The SMILES string of the molecule is COc1ccc(-c2cncc(C(=O)N3CCNCC3)c2)cc1.Cl. The second-order valence-electron chi connectivity index (χ2n) is 5.23. The van der Waals surface area contributed by atoms with E-state index < -0.39 is 0 Å². The van der Waals surface area contributed by atoms with Crippen LogP contribution in [0.2, 0.25) is 0 Å². The van der Waals surface area contributed by atoms with Crippen molar-refractivity contribution in [3.8, 4) is 16.9 Å². The van der Waals surface area contributed by atoms with Crippen LogP contribution in [-0.4, -0.2) is 49.1 Å². The number of hydrogen-bond donors (Lipinski definition) is 1. The first-order chi connectivity index (χ1) is 10.8. The number of ether oxygens (including phenoxy) is 1. The van der Waals surface area contributed by atoms with E-state index in [1.165, 1.54) is 0 Å². The number of rotatable bonds is 3. The Balaban J connectivity index is 0.00000192. The molecular weight excluding hydrogens is 314 g/mol. The number of halogens is 1. The van der Waals surface area contributed by atoms with E-state index in [0.29, 0.717) is 5.56 Å².